The zero-order chi connectivity index (χ0) is 20.3. The maximum atomic E-state index is 13.0. The van der Waals surface area contributed by atoms with Gasteiger partial charge in [0.15, 0.2) is 0 Å². The van der Waals surface area contributed by atoms with Crippen molar-refractivity contribution in [3.63, 3.8) is 0 Å². The summed E-state index contributed by atoms with van der Waals surface area (Å²) in [5, 5.41) is 8.89. The van der Waals surface area contributed by atoms with Gasteiger partial charge in [-0.1, -0.05) is 29.8 Å². The Morgan fingerprint density at radius 3 is 2.57 bits per heavy atom. The number of rotatable bonds is 5. The second-order valence-corrected chi connectivity index (χ2v) is 7.11. The number of likely N-dealkylation sites (N-methyl/N-ethyl adjacent to an activating group) is 1. The minimum Gasteiger partial charge on any atom is -0.350 e. The molecule has 0 aliphatic carbocycles. The molecule has 1 aliphatic heterocycles. The number of aryl methyl sites for hydroxylation is 2. The Labute approximate surface area is 165 Å². The number of hydrogen-bond donors (Lipinski definition) is 1. The first-order valence-electron chi connectivity index (χ1n) is 9.47. The van der Waals surface area contributed by atoms with Gasteiger partial charge in [-0.3, -0.25) is 4.79 Å². The van der Waals surface area contributed by atoms with Gasteiger partial charge in [-0.25, -0.2) is 9.80 Å². The SMILES string of the molecule is CCNC(=O)N(C)CC(=O)N1N=C(c2cccn2C)CC1c1ccc(C)cc1. The van der Waals surface area contributed by atoms with Crippen molar-refractivity contribution >= 4 is 17.6 Å². The van der Waals surface area contributed by atoms with Gasteiger partial charge in [0.1, 0.15) is 6.54 Å². The Bertz CT molecular complexity index is 884. The molecule has 1 aromatic heterocycles. The fourth-order valence-electron chi connectivity index (χ4n) is 3.34. The number of carbonyl (C=O) groups excluding carboxylic acids is 2. The van der Waals surface area contributed by atoms with E-state index in [-0.39, 0.29) is 24.5 Å². The molecule has 3 amide bonds. The van der Waals surface area contributed by atoms with Crippen molar-refractivity contribution in [1.29, 1.82) is 0 Å². The molecule has 0 fully saturated rings. The number of nitrogens with one attached hydrogen (secondary N) is 1. The molecule has 2 aromatic rings. The van der Waals surface area contributed by atoms with Gasteiger partial charge in [0.05, 0.1) is 17.4 Å². The first-order valence-corrected chi connectivity index (χ1v) is 9.47. The van der Waals surface area contributed by atoms with Crippen LogP contribution in [0.3, 0.4) is 0 Å². The molecule has 0 radical (unpaired) electrons. The Morgan fingerprint density at radius 1 is 1.25 bits per heavy atom. The van der Waals surface area contributed by atoms with E-state index < -0.39 is 0 Å². The molecule has 1 N–H and O–H groups in total. The third kappa shape index (κ3) is 4.08. The maximum absolute atomic E-state index is 13.0. The van der Waals surface area contributed by atoms with Crippen LogP contribution in [0.15, 0.2) is 47.7 Å². The van der Waals surface area contributed by atoms with E-state index >= 15 is 0 Å². The van der Waals surface area contributed by atoms with Crippen LogP contribution in [-0.4, -0.2) is 52.3 Å². The number of urea groups is 1. The van der Waals surface area contributed by atoms with Gasteiger partial charge < -0.3 is 14.8 Å². The molecule has 1 aromatic carbocycles. The van der Waals surface area contributed by atoms with Crippen LogP contribution in [0.1, 0.15) is 36.2 Å². The standard InChI is InChI=1S/C21H27N5O2/c1-5-22-21(28)25(4)14-20(27)26-19(16-10-8-15(2)9-11-16)13-17(23-26)18-7-6-12-24(18)3/h6-12,19H,5,13-14H2,1-4H3,(H,22,28). The van der Waals surface area contributed by atoms with Crippen molar-refractivity contribution in [2.75, 3.05) is 20.1 Å². The van der Waals surface area contributed by atoms with Gasteiger partial charge in [0.25, 0.3) is 5.91 Å². The highest BCUT2D eigenvalue weighted by Gasteiger charge is 2.34. The highest BCUT2D eigenvalue weighted by molar-refractivity contribution is 6.02. The minimum absolute atomic E-state index is 0.0297. The van der Waals surface area contributed by atoms with E-state index in [1.165, 1.54) is 15.5 Å². The van der Waals surface area contributed by atoms with Crippen LogP contribution in [0.25, 0.3) is 0 Å². The first-order chi connectivity index (χ1) is 13.4. The molecule has 7 nitrogen and oxygen atoms in total. The number of nitrogens with zero attached hydrogens (tertiary/aromatic N) is 4. The van der Waals surface area contributed by atoms with Crippen molar-refractivity contribution in [1.82, 2.24) is 19.8 Å². The second kappa shape index (κ2) is 8.29. The van der Waals surface area contributed by atoms with Crippen LogP contribution >= 0.6 is 0 Å². The quantitative estimate of drug-likeness (QED) is 0.865. The Hall–Kier alpha value is -3.09. The fraction of sp³-hybridized carbons (Fsp3) is 0.381. The fourth-order valence-corrected chi connectivity index (χ4v) is 3.34. The van der Waals surface area contributed by atoms with Crippen LogP contribution in [0.5, 0.6) is 0 Å². The van der Waals surface area contributed by atoms with Crippen molar-refractivity contribution in [3.05, 3.63) is 59.4 Å². The summed E-state index contributed by atoms with van der Waals surface area (Å²) in [6.07, 6.45) is 2.60. The molecule has 2 heterocycles. The maximum Gasteiger partial charge on any atom is 0.317 e. The van der Waals surface area contributed by atoms with Crippen LogP contribution in [0.4, 0.5) is 4.79 Å². The lowest BCUT2D eigenvalue weighted by Gasteiger charge is -2.25. The number of hydrogen-bond acceptors (Lipinski definition) is 3. The number of amides is 3. The van der Waals surface area contributed by atoms with Gasteiger partial charge >= 0.3 is 6.03 Å². The number of hydrazone groups is 1. The van der Waals surface area contributed by atoms with Crippen molar-refractivity contribution < 1.29 is 9.59 Å². The largest absolute Gasteiger partial charge is 0.350 e. The molecular weight excluding hydrogens is 354 g/mol. The average molecular weight is 381 g/mol. The molecule has 3 rings (SSSR count). The molecule has 1 unspecified atom stereocenters. The zero-order valence-electron chi connectivity index (χ0n) is 16.8. The highest BCUT2D eigenvalue weighted by Crippen LogP contribution is 2.33. The molecule has 1 aliphatic rings. The summed E-state index contributed by atoms with van der Waals surface area (Å²) in [4.78, 5) is 26.4. The molecule has 0 bridgehead atoms. The molecule has 28 heavy (non-hydrogen) atoms. The third-order valence-corrected chi connectivity index (χ3v) is 4.91. The summed E-state index contributed by atoms with van der Waals surface area (Å²) < 4.78 is 2.00. The summed E-state index contributed by atoms with van der Waals surface area (Å²) in [6.45, 7) is 4.37. The second-order valence-electron chi connectivity index (χ2n) is 7.11. The van der Waals surface area contributed by atoms with Crippen LogP contribution < -0.4 is 5.32 Å². The molecule has 0 spiro atoms. The average Bonchev–Trinajstić information content (AvgIpc) is 3.28. The van der Waals surface area contributed by atoms with E-state index in [0.29, 0.717) is 13.0 Å². The van der Waals surface area contributed by atoms with Gasteiger partial charge in [0.2, 0.25) is 0 Å². The summed E-state index contributed by atoms with van der Waals surface area (Å²) in [5.74, 6) is -0.205. The van der Waals surface area contributed by atoms with E-state index in [9.17, 15) is 9.59 Å². The molecule has 7 heteroatoms. The lowest BCUT2D eigenvalue weighted by molar-refractivity contribution is -0.133. The van der Waals surface area contributed by atoms with Crippen molar-refractivity contribution in [2.24, 2.45) is 12.1 Å². The summed E-state index contributed by atoms with van der Waals surface area (Å²) in [6, 6.07) is 11.7. The van der Waals surface area contributed by atoms with Crippen LogP contribution in [0.2, 0.25) is 0 Å². The van der Waals surface area contributed by atoms with Crippen molar-refractivity contribution in [2.45, 2.75) is 26.3 Å². The smallest absolute Gasteiger partial charge is 0.317 e. The van der Waals surface area contributed by atoms with E-state index in [1.807, 2.05) is 68.1 Å². The Morgan fingerprint density at radius 2 is 1.96 bits per heavy atom. The zero-order valence-corrected chi connectivity index (χ0v) is 16.8. The first kappa shape index (κ1) is 19.7. The van der Waals surface area contributed by atoms with Crippen LogP contribution in [0, 0.1) is 6.92 Å². The van der Waals surface area contributed by atoms with Crippen LogP contribution in [-0.2, 0) is 11.8 Å². The van der Waals surface area contributed by atoms with Crippen molar-refractivity contribution in [3.8, 4) is 0 Å². The third-order valence-electron chi connectivity index (χ3n) is 4.91. The predicted molar refractivity (Wildman–Crippen MR) is 109 cm³/mol. The number of aromatic nitrogens is 1. The van der Waals surface area contributed by atoms with Gasteiger partial charge in [-0.05, 0) is 31.5 Å². The topological polar surface area (TPSA) is 69.9 Å². The Kier molecular flexibility index (Phi) is 5.82. The molecule has 0 saturated carbocycles. The number of carbonyl (C=O) groups is 2. The molecule has 1 atom stereocenters. The lowest BCUT2D eigenvalue weighted by atomic mass is 9.99. The minimum atomic E-state index is -0.270. The van der Waals surface area contributed by atoms with E-state index in [1.54, 1.807) is 7.05 Å². The van der Waals surface area contributed by atoms with Gasteiger partial charge in [0, 0.05) is 33.3 Å². The van der Waals surface area contributed by atoms with Gasteiger partial charge in [-0.2, -0.15) is 5.10 Å². The molecule has 0 saturated heterocycles. The van der Waals surface area contributed by atoms with E-state index in [4.69, 9.17) is 0 Å². The summed E-state index contributed by atoms with van der Waals surface area (Å²) >= 11 is 0. The highest BCUT2D eigenvalue weighted by atomic mass is 16.2. The Balaban J connectivity index is 1.87. The normalized spacial score (nSPS) is 16.1. The summed E-state index contributed by atoms with van der Waals surface area (Å²) in [5.41, 5.74) is 4.06. The van der Waals surface area contributed by atoms with Gasteiger partial charge in [-0.15, -0.1) is 0 Å². The summed E-state index contributed by atoms with van der Waals surface area (Å²) in [7, 11) is 3.58. The molecule has 148 valence electrons. The van der Waals surface area contributed by atoms with E-state index in [0.717, 1.165) is 17.0 Å². The van der Waals surface area contributed by atoms with E-state index in [2.05, 4.69) is 10.4 Å². The monoisotopic (exact) mass is 381 g/mol. The predicted octanol–water partition coefficient (Wildman–Crippen LogP) is 2.67. The lowest BCUT2D eigenvalue weighted by Crippen LogP contribution is -2.43. The molecular formula is C21H27N5O2. The number of benzene rings is 1.